The molecule has 0 saturated heterocycles. The number of aryl methyl sites for hydroxylation is 2. The number of rotatable bonds is 5. The molecule has 27 heavy (non-hydrogen) atoms. The molecule has 0 spiro atoms. The SMILES string of the molecule is COc1cc(NC(=O)c2cc3c(s2)-c2ccsc2CC3)cc(OC)c1OC. The van der Waals surface area contributed by atoms with Gasteiger partial charge in [-0.05, 0) is 35.9 Å². The van der Waals surface area contributed by atoms with E-state index < -0.39 is 0 Å². The Morgan fingerprint density at radius 1 is 1.04 bits per heavy atom. The molecule has 5 nitrogen and oxygen atoms in total. The maximum Gasteiger partial charge on any atom is 0.265 e. The standard InChI is InChI=1S/C20H19NO4S2/c1-23-14-9-12(10-15(24-2)18(14)25-3)21-20(22)17-8-11-4-5-16-13(6-7-26-16)19(11)27-17/h6-10H,4-5H2,1-3H3,(H,21,22). The number of fused-ring (bicyclic) bond motifs is 3. The Morgan fingerprint density at radius 2 is 1.78 bits per heavy atom. The number of thiophene rings is 2. The van der Waals surface area contributed by atoms with Gasteiger partial charge in [0.25, 0.3) is 5.91 Å². The summed E-state index contributed by atoms with van der Waals surface area (Å²) in [6, 6.07) is 7.61. The number of ether oxygens (including phenoxy) is 3. The third kappa shape index (κ3) is 3.17. The van der Waals surface area contributed by atoms with Crippen LogP contribution in [0.15, 0.2) is 29.6 Å². The van der Waals surface area contributed by atoms with Gasteiger partial charge in [-0.25, -0.2) is 0 Å². The van der Waals surface area contributed by atoms with Crippen LogP contribution in [0.5, 0.6) is 17.2 Å². The van der Waals surface area contributed by atoms with Crippen molar-refractivity contribution in [1.29, 1.82) is 0 Å². The molecule has 0 bridgehead atoms. The van der Waals surface area contributed by atoms with Crippen molar-refractivity contribution in [2.24, 2.45) is 0 Å². The van der Waals surface area contributed by atoms with Crippen molar-refractivity contribution in [3.8, 4) is 27.7 Å². The number of carbonyl (C=O) groups excluding carboxylic acids is 1. The van der Waals surface area contributed by atoms with E-state index in [9.17, 15) is 4.79 Å². The highest BCUT2D eigenvalue weighted by atomic mass is 32.1. The minimum absolute atomic E-state index is 0.138. The fourth-order valence-electron chi connectivity index (χ4n) is 3.28. The molecule has 0 radical (unpaired) electrons. The molecular weight excluding hydrogens is 382 g/mol. The Morgan fingerprint density at radius 3 is 2.44 bits per heavy atom. The van der Waals surface area contributed by atoms with Crippen LogP contribution < -0.4 is 19.5 Å². The summed E-state index contributed by atoms with van der Waals surface area (Å²) in [7, 11) is 4.65. The van der Waals surface area contributed by atoms with Crippen molar-refractivity contribution in [1.82, 2.24) is 0 Å². The summed E-state index contributed by atoms with van der Waals surface area (Å²) in [4.78, 5) is 16.1. The van der Waals surface area contributed by atoms with Crippen molar-refractivity contribution >= 4 is 34.3 Å². The first-order chi connectivity index (χ1) is 13.1. The summed E-state index contributed by atoms with van der Waals surface area (Å²) in [5.74, 6) is 1.36. The fraction of sp³-hybridized carbons (Fsp3) is 0.250. The third-order valence-corrected chi connectivity index (χ3v) is 6.76. The fourth-order valence-corrected chi connectivity index (χ4v) is 5.39. The van der Waals surface area contributed by atoms with Gasteiger partial charge >= 0.3 is 0 Å². The van der Waals surface area contributed by atoms with Crippen LogP contribution in [0.2, 0.25) is 0 Å². The Bertz CT molecular complexity index is 980. The van der Waals surface area contributed by atoms with E-state index >= 15 is 0 Å². The lowest BCUT2D eigenvalue weighted by Crippen LogP contribution is -2.10. The van der Waals surface area contributed by atoms with Crippen molar-refractivity contribution in [3.05, 3.63) is 45.0 Å². The number of anilines is 1. The van der Waals surface area contributed by atoms with Gasteiger partial charge in [0.1, 0.15) is 0 Å². The first-order valence-corrected chi connectivity index (χ1v) is 10.1. The first kappa shape index (κ1) is 17.9. The predicted octanol–water partition coefficient (Wildman–Crippen LogP) is 4.85. The second-order valence-corrected chi connectivity index (χ2v) is 8.14. The van der Waals surface area contributed by atoms with Gasteiger partial charge in [0.05, 0.1) is 26.2 Å². The molecule has 4 rings (SSSR count). The van der Waals surface area contributed by atoms with E-state index in [1.165, 1.54) is 20.9 Å². The van der Waals surface area contributed by atoms with E-state index in [1.807, 2.05) is 6.07 Å². The zero-order valence-corrected chi connectivity index (χ0v) is 16.9. The Labute approximate surface area is 165 Å². The van der Waals surface area contributed by atoms with Gasteiger partial charge in [-0.3, -0.25) is 4.79 Å². The summed E-state index contributed by atoms with van der Waals surface area (Å²) in [6.07, 6.45) is 2.03. The number of carbonyl (C=O) groups is 1. The minimum atomic E-state index is -0.138. The lowest BCUT2D eigenvalue weighted by Gasteiger charge is -2.14. The average Bonchev–Trinajstić information content (AvgIpc) is 3.33. The van der Waals surface area contributed by atoms with Crippen molar-refractivity contribution in [3.63, 3.8) is 0 Å². The highest BCUT2D eigenvalue weighted by Gasteiger charge is 2.23. The molecule has 1 amide bonds. The Kier molecular flexibility index (Phi) is 4.80. The van der Waals surface area contributed by atoms with Gasteiger partial charge in [-0.15, -0.1) is 22.7 Å². The maximum atomic E-state index is 12.8. The third-order valence-electron chi connectivity index (χ3n) is 4.57. The number of methoxy groups -OCH3 is 3. The van der Waals surface area contributed by atoms with E-state index in [0.717, 1.165) is 12.8 Å². The van der Waals surface area contributed by atoms with Crippen molar-refractivity contribution < 1.29 is 19.0 Å². The highest BCUT2D eigenvalue weighted by molar-refractivity contribution is 7.18. The van der Waals surface area contributed by atoms with Gasteiger partial charge < -0.3 is 19.5 Å². The van der Waals surface area contributed by atoms with Gasteiger partial charge in [0.2, 0.25) is 5.75 Å². The topological polar surface area (TPSA) is 56.8 Å². The molecule has 1 aliphatic carbocycles. The minimum Gasteiger partial charge on any atom is -0.493 e. The molecule has 0 atom stereocenters. The molecule has 2 heterocycles. The van der Waals surface area contributed by atoms with Crippen LogP contribution in [0.3, 0.4) is 0 Å². The lowest BCUT2D eigenvalue weighted by atomic mass is 9.98. The molecule has 0 saturated carbocycles. The van der Waals surface area contributed by atoms with Gasteiger partial charge in [0.15, 0.2) is 11.5 Å². The molecule has 140 valence electrons. The zero-order chi connectivity index (χ0) is 19.0. The summed E-state index contributed by atoms with van der Waals surface area (Å²) >= 11 is 3.33. The molecule has 2 aromatic heterocycles. The van der Waals surface area contributed by atoms with Crippen LogP contribution in [-0.4, -0.2) is 27.2 Å². The van der Waals surface area contributed by atoms with Crippen LogP contribution in [0.25, 0.3) is 10.4 Å². The van der Waals surface area contributed by atoms with E-state index in [0.29, 0.717) is 27.8 Å². The summed E-state index contributed by atoms with van der Waals surface area (Å²) in [6.45, 7) is 0. The number of benzene rings is 1. The van der Waals surface area contributed by atoms with Gasteiger partial charge in [-0.1, -0.05) is 0 Å². The second-order valence-electron chi connectivity index (χ2n) is 6.09. The number of nitrogens with one attached hydrogen (secondary N) is 1. The predicted molar refractivity (Wildman–Crippen MR) is 109 cm³/mol. The van der Waals surface area contributed by atoms with Gasteiger partial charge in [-0.2, -0.15) is 0 Å². The van der Waals surface area contributed by atoms with Crippen LogP contribution in [0.4, 0.5) is 5.69 Å². The quantitative estimate of drug-likeness (QED) is 0.664. The molecule has 0 fully saturated rings. The number of hydrogen-bond donors (Lipinski definition) is 1. The van der Waals surface area contributed by atoms with Crippen LogP contribution in [0.1, 0.15) is 20.1 Å². The zero-order valence-electron chi connectivity index (χ0n) is 15.3. The molecule has 0 aliphatic heterocycles. The summed E-state index contributed by atoms with van der Waals surface area (Å²) in [5, 5.41) is 5.06. The maximum absolute atomic E-state index is 12.8. The highest BCUT2D eigenvalue weighted by Crippen LogP contribution is 2.43. The normalized spacial score (nSPS) is 12.1. The monoisotopic (exact) mass is 401 g/mol. The molecule has 7 heteroatoms. The van der Waals surface area contributed by atoms with Crippen LogP contribution in [0, 0.1) is 0 Å². The summed E-state index contributed by atoms with van der Waals surface area (Å²) < 4.78 is 16.0. The first-order valence-electron chi connectivity index (χ1n) is 8.45. The Hall–Kier alpha value is -2.51. The average molecular weight is 402 g/mol. The molecule has 3 aromatic rings. The van der Waals surface area contributed by atoms with Crippen molar-refractivity contribution in [2.75, 3.05) is 26.6 Å². The second kappa shape index (κ2) is 7.25. The summed E-state index contributed by atoms with van der Waals surface area (Å²) in [5.41, 5.74) is 3.12. The smallest absolute Gasteiger partial charge is 0.265 e. The largest absolute Gasteiger partial charge is 0.493 e. The molecule has 1 aliphatic rings. The molecule has 1 aromatic carbocycles. The van der Waals surface area contributed by atoms with E-state index in [1.54, 1.807) is 56.1 Å². The van der Waals surface area contributed by atoms with E-state index in [-0.39, 0.29) is 5.91 Å². The molecular formula is C20H19NO4S2. The number of amides is 1. The molecule has 0 unspecified atom stereocenters. The number of hydrogen-bond acceptors (Lipinski definition) is 6. The van der Waals surface area contributed by atoms with E-state index in [4.69, 9.17) is 14.2 Å². The van der Waals surface area contributed by atoms with Crippen LogP contribution in [-0.2, 0) is 12.8 Å². The van der Waals surface area contributed by atoms with Gasteiger partial charge in [0, 0.05) is 33.1 Å². The molecule has 1 N–H and O–H groups in total. The lowest BCUT2D eigenvalue weighted by molar-refractivity contribution is 0.103. The van der Waals surface area contributed by atoms with E-state index in [2.05, 4.69) is 16.8 Å². The Balaban J connectivity index is 1.62. The van der Waals surface area contributed by atoms with Crippen molar-refractivity contribution in [2.45, 2.75) is 12.8 Å². The van der Waals surface area contributed by atoms with Crippen LogP contribution >= 0.6 is 22.7 Å².